The van der Waals surface area contributed by atoms with Crippen LogP contribution in [0.15, 0.2) is 41.6 Å². The van der Waals surface area contributed by atoms with E-state index < -0.39 is 20.7 Å². The number of sulfonamides is 1. The van der Waals surface area contributed by atoms with E-state index in [1.54, 1.807) is 0 Å². The van der Waals surface area contributed by atoms with Crippen LogP contribution in [0.25, 0.3) is 0 Å². The minimum atomic E-state index is -4.05. The van der Waals surface area contributed by atoms with Crippen LogP contribution < -0.4 is 9.46 Å². The largest absolute Gasteiger partial charge is 0.494 e. The third-order valence-electron chi connectivity index (χ3n) is 2.22. The summed E-state index contributed by atoms with van der Waals surface area (Å²) in [4.78, 5) is 7.02. The van der Waals surface area contributed by atoms with Crippen LogP contribution >= 0.6 is 0 Å². The average Bonchev–Trinajstić information content (AvgIpc) is 2.39. The molecule has 0 radical (unpaired) electrons. The number of anilines is 1. The summed E-state index contributed by atoms with van der Waals surface area (Å²) in [5.41, 5.74) is 0. The molecule has 2 rings (SSSR count). The lowest BCUT2D eigenvalue weighted by molar-refractivity contribution is 0.411. The van der Waals surface area contributed by atoms with Crippen molar-refractivity contribution in [3.63, 3.8) is 0 Å². The Bertz CT molecular complexity index is 674. The van der Waals surface area contributed by atoms with Gasteiger partial charge in [0, 0.05) is 0 Å². The van der Waals surface area contributed by atoms with E-state index in [4.69, 9.17) is 4.74 Å². The molecule has 2 aromatic rings. The van der Waals surface area contributed by atoms with Crippen LogP contribution in [0.5, 0.6) is 5.75 Å². The zero-order valence-electron chi connectivity index (χ0n) is 9.87. The van der Waals surface area contributed by atoms with Crippen LogP contribution in [0.1, 0.15) is 0 Å². The molecule has 0 saturated carbocycles. The minimum Gasteiger partial charge on any atom is -0.494 e. The molecule has 8 heteroatoms. The first-order chi connectivity index (χ1) is 9.03. The molecule has 0 spiro atoms. The highest BCUT2D eigenvalue weighted by Gasteiger charge is 2.19. The number of hydrogen-bond acceptors (Lipinski definition) is 5. The van der Waals surface area contributed by atoms with E-state index in [2.05, 4.69) is 14.7 Å². The number of methoxy groups -OCH3 is 1. The number of rotatable bonds is 4. The molecular weight excluding hydrogens is 273 g/mol. The van der Waals surface area contributed by atoms with E-state index >= 15 is 0 Å². The van der Waals surface area contributed by atoms with Gasteiger partial charge in [0.15, 0.2) is 5.75 Å². The van der Waals surface area contributed by atoms with Crippen molar-refractivity contribution in [1.29, 1.82) is 0 Å². The Morgan fingerprint density at radius 1 is 1.21 bits per heavy atom. The maximum atomic E-state index is 13.4. The van der Waals surface area contributed by atoms with Gasteiger partial charge in [-0.05, 0) is 12.1 Å². The van der Waals surface area contributed by atoms with Crippen LogP contribution in [-0.4, -0.2) is 25.5 Å². The van der Waals surface area contributed by atoms with E-state index in [1.165, 1.54) is 31.6 Å². The second kappa shape index (κ2) is 5.19. The first-order valence-electron chi connectivity index (χ1n) is 5.16. The molecule has 0 amide bonds. The summed E-state index contributed by atoms with van der Waals surface area (Å²) < 4.78 is 44.2. The molecule has 1 heterocycles. The molecule has 0 fully saturated rings. The van der Waals surface area contributed by atoms with Crippen LogP contribution in [0.3, 0.4) is 0 Å². The fraction of sp³-hybridized carbons (Fsp3) is 0.0909. The molecule has 0 bridgehead atoms. The fourth-order valence-electron chi connectivity index (χ4n) is 1.31. The zero-order chi connectivity index (χ0) is 13.9. The van der Waals surface area contributed by atoms with E-state index in [0.717, 1.165) is 12.1 Å². The highest BCUT2D eigenvalue weighted by Crippen LogP contribution is 2.17. The molecule has 100 valence electrons. The molecule has 19 heavy (non-hydrogen) atoms. The predicted molar refractivity (Wildman–Crippen MR) is 65.8 cm³/mol. The number of aromatic nitrogens is 2. The smallest absolute Gasteiger partial charge is 0.267 e. The van der Waals surface area contributed by atoms with Crippen molar-refractivity contribution in [3.05, 3.63) is 42.5 Å². The van der Waals surface area contributed by atoms with E-state index in [1.807, 2.05) is 0 Å². The second-order valence-corrected chi connectivity index (χ2v) is 5.13. The van der Waals surface area contributed by atoms with Crippen LogP contribution in [0, 0.1) is 5.82 Å². The van der Waals surface area contributed by atoms with E-state index in [-0.39, 0.29) is 5.95 Å². The topological polar surface area (TPSA) is 81.2 Å². The van der Waals surface area contributed by atoms with Gasteiger partial charge in [-0.2, -0.15) is 0 Å². The molecule has 0 aliphatic rings. The molecule has 1 aromatic carbocycles. The molecule has 6 nitrogen and oxygen atoms in total. The lowest BCUT2D eigenvalue weighted by Gasteiger charge is -2.07. The predicted octanol–water partition coefficient (Wildman–Crippen LogP) is 1.43. The van der Waals surface area contributed by atoms with Crippen molar-refractivity contribution in [2.45, 2.75) is 4.90 Å². The van der Waals surface area contributed by atoms with Crippen LogP contribution in [-0.2, 0) is 10.0 Å². The van der Waals surface area contributed by atoms with E-state index in [0.29, 0.717) is 5.75 Å². The van der Waals surface area contributed by atoms with Gasteiger partial charge >= 0.3 is 0 Å². The summed E-state index contributed by atoms with van der Waals surface area (Å²) in [7, 11) is -2.62. The Balaban J connectivity index is 2.28. The summed E-state index contributed by atoms with van der Waals surface area (Å²) in [6.45, 7) is 0. The summed E-state index contributed by atoms with van der Waals surface area (Å²) in [6.07, 6.45) is 2.60. The monoisotopic (exact) mass is 283 g/mol. The molecule has 0 saturated heterocycles. The first kappa shape index (κ1) is 13.2. The Kier molecular flexibility index (Phi) is 3.61. The number of hydrogen-bond donors (Lipinski definition) is 1. The quantitative estimate of drug-likeness (QED) is 0.918. The standard InChI is InChI=1S/C11H10FN3O3S/c1-18-8-6-13-11(14-7-8)15-19(16,17)10-5-3-2-4-9(10)12/h2-7H,1H3,(H,13,14,15). The van der Waals surface area contributed by atoms with Gasteiger partial charge in [-0.25, -0.2) is 27.5 Å². The molecular formula is C11H10FN3O3S. The third-order valence-corrected chi connectivity index (χ3v) is 3.58. The van der Waals surface area contributed by atoms with Crippen molar-refractivity contribution in [2.24, 2.45) is 0 Å². The Hall–Kier alpha value is -2.22. The molecule has 0 aliphatic carbocycles. The van der Waals surface area contributed by atoms with Crippen molar-refractivity contribution in [3.8, 4) is 5.75 Å². The normalized spacial score (nSPS) is 11.1. The SMILES string of the molecule is COc1cnc(NS(=O)(=O)c2ccccc2F)nc1. The Labute approximate surface area is 109 Å². The summed E-state index contributed by atoms with van der Waals surface area (Å²) in [5.74, 6) is -0.624. The van der Waals surface area contributed by atoms with Gasteiger partial charge in [0.1, 0.15) is 10.7 Å². The molecule has 0 atom stereocenters. The van der Waals surface area contributed by atoms with Crippen LogP contribution in [0.2, 0.25) is 0 Å². The highest BCUT2D eigenvalue weighted by atomic mass is 32.2. The van der Waals surface area contributed by atoms with Gasteiger partial charge in [-0.15, -0.1) is 0 Å². The second-order valence-electron chi connectivity index (χ2n) is 3.48. The summed E-state index contributed by atoms with van der Waals surface area (Å²) in [5, 5.41) is 0. The van der Waals surface area contributed by atoms with Crippen molar-refractivity contribution in [1.82, 2.24) is 9.97 Å². The van der Waals surface area contributed by atoms with Gasteiger partial charge < -0.3 is 4.74 Å². The number of halogens is 1. The summed E-state index contributed by atoms with van der Waals surface area (Å²) in [6, 6.07) is 5.04. The molecule has 0 unspecified atom stereocenters. The summed E-state index contributed by atoms with van der Waals surface area (Å²) >= 11 is 0. The maximum Gasteiger partial charge on any atom is 0.267 e. The third kappa shape index (κ3) is 2.97. The first-order valence-corrected chi connectivity index (χ1v) is 6.64. The average molecular weight is 283 g/mol. The van der Waals surface area contributed by atoms with Gasteiger partial charge in [0.2, 0.25) is 5.95 Å². The molecule has 1 aromatic heterocycles. The highest BCUT2D eigenvalue weighted by molar-refractivity contribution is 7.92. The van der Waals surface area contributed by atoms with E-state index in [9.17, 15) is 12.8 Å². The van der Waals surface area contributed by atoms with Crippen molar-refractivity contribution in [2.75, 3.05) is 11.8 Å². The van der Waals surface area contributed by atoms with Crippen molar-refractivity contribution < 1.29 is 17.5 Å². The number of benzene rings is 1. The maximum absolute atomic E-state index is 13.4. The number of ether oxygens (including phenoxy) is 1. The van der Waals surface area contributed by atoms with Gasteiger partial charge in [0.05, 0.1) is 19.5 Å². The fourth-order valence-corrected chi connectivity index (χ4v) is 2.35. The van der Waals surface area contributed by atoms with Gasteiger partial charge in [-0.3, -0.25) is 0 Å². The lowest BCUT2D eigenvalue weighted by Crippen LogP contribution is -2.16. The number of nitrogens with one attached hydrogen (secondary N) is 1. The van der Waals surface area contributed by atoms with Crippen LogP contribution in [0.4, 0.5) is 10.3 Å². The lowest BCUT2D eigenvalue weighted by atomic mass is 10.4. The molecule has 0 aliphatic heterocycles. The Morgan fingerprint density at radius 3 is 2.42 bits per heavy atom. The zero-order valence-corrected chi connectivity index (χ0v) is 10.7. The minimum absolute atomic E-state index is 0.163. The van der Waals surface area contributed by atoms with Gasteiger partial charge in [-0.1, -0.05) is 12.1 Å². The van der Waals surface area contributed by atoms with Crippen molar-refractivity contribution >= 4 is 16.0 Å². The Morgan fingerprint density at radius 2 is 1.84 bits per heavy atom. The number of nitrogens with zero attached hydrogens (tertiary/aromatic N) is 2. The van der Waals surface area contributed by atoms with Gasteiger partial charge in [0.25, 0.3) is 10.0 Å². The molecule has 1 N–H and O–H groups in total.